The third kappa shape index (κ3) is 3.99. The van der Waals surface area contributed by atoms with Crippen molar-refractivity contribution in [3.8, 4) is 5.69 Å². The van der Waals surface area contributed by atoms with Crippen molar-refractivity contribution in [1.82, 2.24) is 4.57 Å². The lowest BCUT2D eigenvalue weighted by Gasteiger charge is -2.45. The molecule has 8 aromatic rings. The number of rotatable bonds is 3. The van der Waals surface area contributed by atoms with E-state index in [4.69, 9.17) is 0 Å². The molecule has 1 aliphatic carbocycles. The van der Waals surface area contributed by atoms with Crippen LogP contribution in [0.15, 0.2) is 158 Å². The average Bonchev–Trinajstić information content (AvgIpc) is 3.68. The van der Waals surface area contributed by atoms with Crippen molar-refractivity contribution >= 4 is 61.2 Å². The molecule has 50 heavy (non-hydrogen) atoms. The van der Waals surface area contributed by atoms with Gasteiger partial charge in [0, 0.05) is 40.0 Å². The largest absolute Gasteiger partial charge is 0.373 e. The van der Waals surface area contributed by atoms with E-state index in [0.717, 1.165) is 17.8 Å². The number of fused-ring (bicyclic) bond motifs is 10. The van der Waals surface area contributed by atoms with Gasteiger partial charge in [-0.05, 0) is 81.2 Å². The van der Waals surface area contributed by atoms with Crippen molar-refractivity contribution in [2.24, 2.45) is 0 Å². The summed E-state index contributed by atoms with van der Waals surface area (Å²) in [5.41, 5.74) is 12.7. The molecule has 4 heteroatoms. The van der Waals surface area contributed by atoms with Crippen LogP contribution in [0.25, 0.3) is 49.8 Å². The van der Waals surface area contributed by atoms with Crippen LogP contribution >= 0.6 is 0 Å². The highest BCUT2D eigenvalue weighted by molar-refractivity contribution is 6.15. The van der Waals surface area contributed by atoms with Crippen molar-refractivity contribution in [3.63, 3.8) is 0 Å². The molecule has 0 amide bonds. The lowest BCUT2D eigenvalue weighted by Crippen LogP contribution is -2.53. The van der Waals surface area contributed by atoms with Crippen molar-refractivity contribution < 1.29 is 0 Å². The van der Waals surface area contributed by atoms with E-state index in [1.807, 2.05) is 0 Å². The molecule has 0 fully saturated rings. The second kappa shape index (κ2) is 10.6. The van der Waals surface area contributed by atoms with E-state index in [1.165, 1.54) is 71.8 Å². The van der Waals surface area contributed by atoms with Gasteiger partial charge in [-0.2, -0.15) is 0 Å². The molecule has 3 unspecified atom stereocenters. The topological polar surface area (TPSA) is 32.2 Å². The molecule has 238 valence electrons. The van der Waals surface area contributed by atoms with Crippen LogP contribution in [0.4, 0.5) is 17.1 Å². The molecule has 0 saturated carbocycles. The zero-order valence-corrected chi connectivity index (χ0v) is 27.4. The van der Waals surface area contributed by atoms with E-state index in [9.17, 15) is 0 Å². The minimum absolute atomic E-state index is 0.00670. The zero-order valence-electron chi connectivity index (χ0n) is 27.4. The highest BCUT2D eigenvalue weighted by atomic mass is 15.4. The van der Waals surface area contributed by atoms with Crippen molar-refractivity contribution in [2.45, 2.75) is 24.7 Å². The molecule has 0 saturated heterocycles. The molecule has 2 aliphatic heterocycles. The molecule has 0 spiro atoms. The van der Waals surface area contributed by atoms with Crippen LogP contribution in [0.3, 0.4) is 0 Å². The zero-order chi connectivity index (χ0) is 32.8. The number of para-hydroxylation sites is 4. The first kappa shape index (κ1) is 27.7. The molecule has 0 bridgehead atoms. The molecular formula is C46H34N4. The Morgan fingerprint density at radius 3 is 2.16 bits per heavy atom. The van der Waals surface area contributed by atoms with Gasteiger partial charge in [0.2, 0.25) is 0 Å². The summed E-state index contributed by atoms with van der Waals surface area (Å²) in [4.78, 5) is 2.68. The van der Waals surface area contributed by atoms with Crippen LogP contribution in [0, 0.1) is 0 Å². The summed E-state index contributed by atoms with van der Waals surface area (Å²) in [6, 6.07) is 57.7. The molecular weight excluding hydrogens is 609 g/mol. The van der Waals surface area contributed by atoms with Crippen molar-refractivity contribution in [1.29, 1.82) is 0 Å². The quantitative estimate of drug-likeness (QED) is 0.201. The maximum atomic E-state index is 4.06. The van der Waals surface area contributed by atoms with Crippen molar-refractivity contribution in [3.05, 3.63) is 180 Å². The number of nitrogens with zero attached hydrogens (tertiary/aromatic N) is 2. The summed E-state index contributed by atoms with van der Waals surface area (Å²) in [5, 5.41) is 14.5. The van der Waals surface area contributed by atoms with Gasteiger partial charge in [-0.3, -0.25) is 0 Å². The standard InChI is InChI=1S/C46H34N4/c1-2-15-33(16-3-1)49-41-25-24-30-13-6-7-17-34(30)44(41)37-27-36-35-18-8-11-21-40(35)50(42(36)28-43(37)49)46-45(47-38-19-9-10-20-39(38)48-46)32-23-22-29-12-4-5-14-31(29)26-32/h1-27,42,45-48H,28H2. The van der Waals surface area contributed by atoms with Gasteiger partial charge in [0.05, 0.1) is 29.0 Å². The monoisotopic (exact) mass is 642 g/mol. The number of benzene rings is 7. The number of hydrogen-bond acceptors (Lipinski definition) is 3. The van der Waals surface area contributed by atoms with Crippen LogP contribution in [0.2, 0.25) is 0 Å². The van der Waals surface area contributed by atoms with Gasteiger partial charge < -0.3 is 20.1 Å². The molecule has 11 rings (SSSR count). The van der Waals surface area contributed by atoms with Crippen LogP contribution in [-0.4, -0.2) is 16.8 Å². The predicted molar refractivity (Wildman–Crippen MR) is 209 cm³/mol. The number of hydrogen-bond donors (Lipinski definition) is 2. The van der Waals surface area contributed by atoms with Gasteiger partial charge >= 0.3 is 0 Å². The Labute approximate surface area is 290 Å². The maximum absolute atomic E-state index is 4.06. The summed E-state index contributed by atoms with van der Waals surface area (Å²) in [5.74, 6) is 0. The first-order valence-corrected chi connectivity index (χ1v) is 17.6. The Morgan fingerprint density at radius 2 is 1.28 bits per heavy atom. The van der Waals surface area contributed by atoms with E-state index in [2.05, 4.69) is 184 Å². The fourth-order valence-corrected chi connectivity index (χ4v) is 8.99. The number of nitrogens with one attached hydrogen (secondary N) is 2. The molecule has 3 aliphatic rings. The number of aromatic nitrogens is 1. The SMILES string of the molecule is C1=C2c3ccccc3N(C3Nc4ccccc4NC3c3ccc4ccccc4c3)C2Cc2c1c1c3ccccc3ccc1n2-c1ccccc1. The normalized spacial score (nSPS) is 18.9. The molecule has 7 aromatic carbocycles. The summed E-state index contributed by atoms with van der Waals surface area (Å²) >= 11 is 0. The Hall–Kier alpha value is -6.26. The van der Waals surface area contributed by atoms with E-state index < -0.39 is 0 Å². The lowest BCUT2D eigenvalue weighted by molar-refractivity contribution is 0.533. The summed E-state index contributed by atoms with van der Waals surface area (Å²) in [7, 11) is 0. The van der Waals surface area contributed by atoms with Gasteiger partial charge in [-0.15, -0.1) is 0 Å². The summed E-state index contributed by atoms with van der Waals surface area (Å²) in [6.07, 6.45) is 3.36. The van der Waals surface area contributed by atoms with Crippen LogP contribution in [-0.2, 0) is 6.42 Å². The molecule has 1 aromatic heterocycles. The minimum atomic E-state index is -0.0416. The first-order chi connectivity index (χ1) is 24.8. The summed E-state index contributed by atoms with van der Waals surface area (Å²) < 4.78 is 2.52. The molecule has 3 heterocycles. The average molecular weight is 643 g/mol. The second-order valence-electron chi connectivity index (χ2n) is 13.8. The van der Waals surface area contributed by atoms with Crippen LogP contribution in [0.5, 0.6) is 0 Å². The van der Waals surface area contributed by atoms with Gasteiger partial charge in [0.25, 0.3) is 0 Å². The molecule has 0 radical (unpaired) electrons. The van der Waals surface area contributed by atoms with Gasteiger partial charge in [0.15, 0.2) is 0 Å². The van der Waals surface area contributed by atoms with E-state index >= 15 is 0 Å². The van der Waals surface area contributed by atoms with Crippen LogP contribution < -0.4 is 15.5 Å². The highest BCUT2D eigenvalue weighted by Crippen LogP contribution is 2.51. The Bertz CT molecular complexity index is 2670. The Balaban J connectivity index is 1.13. The second-order valence-corrected chi connectivity index (χ2v) is 13.8. The fraction of sp³-hybridized carbons (Fsp3) is 0.0870. The number of anilines is 3. The maximum Gasteiger partial charge on any atom is 0.125 e. The van der Waals surface area contributed by atoms with E-state index in [1.54, 1.807) is 0 Å². The van der Waals surface area contributed by atoms with Gasteiger partial charge in [0.1, 0.15) is 6.17 Å². The van der Waals surface area contributed by atoms with E-state index in [-0.39, 0.29) is 18.2 Å². The summed E-state index contributed by atoms with van der Waals surface area (Å²) in [6.45, 7) is 0. The van der Waals surface area contributed by atoms with Crippen LogP contribution in [0.1, 0.15) is 28.4 Å². The van der Waals surface area contributed by atoms with E-state index in [0.29, 0.717) is 0 Å². The molecule has 4 nitrogen and oxygen atoms in total. The van der Waals surface area contributed by atoms with Gasteiger partial charge in [-0.1, -0.05) is 115 Å². The smallest absolute Gasteiger partial charge is 0.125 e. The van der Waals surface area contributed by atoms with Gasteiger partial charge in [-0.25, -0.2) is 0 Å². The fourth-order valence-electron chi connectivity index (χ4n) is 8.99. The van der Waals surface area contributed by atoms with Crippen molar-refractivity contribution in [2.75, 3.05) is 15.5 Å². The third-order valence-corrected chi connectivity index (χ3v) is 11.2. The highest BCUT2D eigenvalue weighted by Gasteiger charge is 2.45. The Kier molecular flexibility index (Phi) is 5.88. The first-order valence-electron chi connectivity index (χ1n) is 17.6. The third-order valence-electron chi connectivity index (χ3n) is 11.2. The Morgan fingerprint density at radius 1 is 0.580 bits per heavy atom. The molecule has 3 atom stereocenters. The predicted octanol–water partition coefficient (Wildman–Crippen LogP) is 10.8. The lowest BCUT2D eigenvalue weighted by atomic mass is 9.88. The molecule has 2 N–H and O–H groups in total. The minimum Gasteiger partial charge on any atom is -0.373 e.